The monoisotopic (exact) mass is 746 g/mol. The number of ether oxygens (including phenoxy) is 3. The molecular formula is C44H54N4O5Si. The number of nitrogens with one attached hydrogen (secondary N) is 2. The van der Waals surface area contributed by atoms with Crippen LogP contribution in [0.15, 0.2) is 103 Å². The summed E-state index contributed by atoms with van der Waals surface area (Å²) in [6.45, 7) is 15.0. The fourth-order valence-corrected chi connectivity index (χ4v) is 6.78. The van der Waals surface area contributed by atoms with Crippen LogP contribution in [0.25, 0.3) is 16.6 Å². The van der Waals surface area contributed by atoms with Crippen LogP contribution in [0, 0.1) is 6.92 Å². The number of anilines is 3. The molecule has 0 spiro atoms. The predicted octanol–water partition coefficient (Wildman–Crippen LogP) is 10.1. The van der Waals surface area contributed by atoms with E-state index in [4.69, 9.17) is 19.2 Å². The molecule has 1 heterocycles. The Morgan fingerprint density at radius 2 is 1.65 bits per heavy atom. The summed E-state index contributed by atoms with van der Waals surface area (Å²) in [6.07, 6.45) is 2.74. The summed E-state index contributed by atoms with van der Waals surface area (Å²) in [5, 5.41) is 6.57. The molecule has 0 saturated carbocycles. The van der Waals surface area contributed by atoms with Gasteiger partial charge < -0.3 is 24.8 Å². The summed E-state index contributed by atoms with van der Waals surface area (Å²) < 4.78 is 19.6. The first-order valence-electron chi connectivity index (χ1n) is 18.8. The Morgan fingerprint density at radius 1 is 0.907 bits per heavy atom. The van der Waals surface area contributed by atoms with Crippen LogP contribution >= 0.6 is 0 Å². The summed E-state index contributed by atoms with van der Waals surface area (Å²) in [7, 11) is -1.28. The zero-order valence-electron chi connectivity index (χ0n) is 32.5. The topological polar surface area (TPSA) is 104 Å². The number of aryl methyl sites for hydroxylation is 1. The van der Waals surface area contributed by atoms with Crippen molar-refractivity contribution in [3.63, 3.8) is 0 Å². The highest BCUT2D eigenvalue weighted by atomic mass is 28.3. The molecule has 1 atom stereocenters. The number of esters is 1. The fourth-order valence-electron chi connectivity index (χ4n) is 6.05. The lowest BCUT2D eigenvalue weighted by Crippen LogP contribution is -2.23. The highest BCUT2D eigenvalue weighted by Crippen LogP contribution is 2.30. The van der Waals surface area contributed by atoms with E-state index in [9.17, 15) is 9.59 Å². The van der Waals surface area contributed by atoms with E-state index < -0.39 is 8.07 Å². The van der Waals surface area contributed by atoms with E-state index in [-0.39, 0.29) is 30.9 Å². The van der Waals surface area contributed by atoms with Gasteiger partial charge >= 0.3 is 5.97 Å². The van der Waals surface area contributed by atoms with Crippen molar-refractivity contribution in [3.05, 3.63) is 125 Å². The summed E-state index contributed by atoms with van der Waals surface area (Å²) in [4.78, 5) is 30.7. The van der Waals surface area contributed by atoms with Gasteiger partial charge in [-0.1, -0.05) is 92.4 Å². The third-order valence-electron chi connectivity index (χ3n) is 9.03. The number of benzene rings is 4. The molecule has 1 unspecified atom stereocenters. The van der Waals surface area contributed by atoms with Crippen molar-refractivity contribution in [1.29, 1.82) is 0 Å². The standard InChI is InChI=1S/C44H54N4O5Si/c1-7-52-43(50)30-37(17-13-25-51-31-34-15-9-8-10-16-34)36-20-22-38(23-21-36)45-42(49)29-35-19-24-40-41(28-35)48(33(3)53-26-27-54(4,5)6)44(47-40)46-39-18-12-11-14-32(39)2/h8-12,14-24,28,33H,7,13,25-27,29-31H2,1-6H3,(H,45,49)(H,46,47)/b37-17-. The lowest BCUT2D eigenvalue weighted by molar-refractivity contribution is -0.141. The number of rotatable bonds is 19. The zero-order valence-corrected chi connectivity index (χ0v) is 33.5. The number of hydrogen-bond donors (Lipinski definition) is 2. The summed E-state index contributed by atoms with van der Waals surface area (Å²) in [6, 6.07) is 32.7. The number of carbonyl (C=O) groups excluding carboxylic acids is 2. The van der Waals surface area contributed by atoms with Crippen LogP contribution in [0.1, 0.15) is 55.2 Å². The van der Waals surface area contributed by atoms with E-state index in [0.29, 0.717) is 44.5 Å². The maximum Gasteiger partial charge on any atom is 0.310 e. The van der Waals surface area contributed by atoms with E-state index in [1.54, 1.807) is 6.92 Å². The first-order valence-corrected chi connectivity index (χ1v) is 22.5. The predicted molar refractivity (Wildman–Crippen MR) is 222 cm³/mol. The molecular weight excluding hydrogens is 693 g/mol. The second kappa shape index (κ2) is 19.3. The van der Waals surface area contributed by atoms with Gasteiger partial charge in [-0.2, -0.15) is 0 Å². The Morgan fingerprint density at radius 3 is 2.37 bits per heavy atom. The van der Waals surface area contributed by atoms with Gasteiger partial charge in [0.2, 0.25) is 11.9 Å². The minimum atomic E-state index is -1.28. The number of hydrogen-bond acceptors (Lipinski definition) is 7. The Bertz CT molecular complexity index is 2020. The Hall–Kier alpha value is -5.03. The molecule has 0 bridgehead atoms. The Kier molecular flexibility index (Phi) is 14.4. The molecule has 0 aliphatic heterocycles. The molecule has 0 saturated heterocycles. The van der Waals surface area contributed by atoms with Gasteiger partial charge in [0, 0.05) is 26.1 Å². The van der Waals surface area contributed by atoms with Crippen molar-refractivity contribution in [3.8, 4) is 0 Å². The lowest BCUT2D eigenvalue weighted by Gasteiger charge is -2.22. The first-order chi connectivity index (χ1) is 26.0. The number of aromatic nitrogens is 2. The smallest absolute Gasteiger partial charge is 0.310 e. The van der Waals surface area contributed by atoms with Crippen LogP contribution in [-0.2, 0) is 36.8 Å². The highest BCUT2D eigenvalue weighted by molar-refractivity contribution is 6.76. The average molecular weight is 747 g/mol. The van der Waals surface area contributed by atoms with Gasteiger partial charge in [0.25, 0.3) is 0 Å². The molecule has 284 valence electrons. The molecule has 5 aromatic rings. The van der Waals surface area contributed by atoms with Crippen molar-refractivity contribution in [2.45, 2.75) is 78.6 Å². The fraction of sp³-hybridized carbons (Fsp3) is 0.341. The molecule has 10 heteroatoms. The molecule has 4 aromatic carbocycles. The van der Waals surface area contributed by atoms with E-state index in [1.165, 1.54) is 0 Å². The molecule has 1 aromatic heterocycles. The van der Waals surface area contributed by atoms with Crippen LogP contribution in [0.5, 0.6) is 0 Å². The third-order valence-corrected chi connectivity index (χ3v) is 10.7. The molecule has 0 fully saturated rings. The van der Waals surface area contributed by atoms with Crippen LogP contribution in [0.4, 0.5) is 17.3 Å². The van der Waals surface area contributed by atoms with E-state index in [1.807, 2.05) is 104 Å². The highest BCUT2D eigenvalue weighted by Gasteiger charge is 2.20. The Balaban J connectivity index is 1.27. The van der Waals surface area contributed by atoms with Crippen LogP contribution in [-0.4, -0.2) is 49.3 Å². The number of amides is 1. The van der Waals surface area contributed by atoms with Crippen molar-refractivity contribution in [2.75, 3.05) is 30.5 Å². The van der Waals surface area contributed by atoms with Gasteiger partial charge in [0.05, 0.1) is 43.7 Å². The van der Waals surface area contributed by atoms with E-state index in [0.717, 1.165) is 50.6 Å². The first kappa shape index (κ1) is 40.2. The van der Waals surface area contributed by atoms with Gasteiger partial charge in [0.15, 0.2) is 0 Å². The number of fused-ring (bicyclic) bond motifs is 1. The summed E-state index contributed by atoms with van der Waals surface area (Å²) >= 11 is 0. The van der Waals surface area contributed by atoms with Crippen molar-refractivity contribution < 1.29 is 23.8 Å². The van der Waals surface area contributed by atoms with E-state index in [2.05, 4.69) is 47.8 Å². The third kappa shape index (κ3) is 12.0. The lowest BCUT2D eigenvalue weighted by atomic mass is 10.0. The quantitative estimate of drug-likeness (QED) is 0.0493. The molecule has 0 radical (unpaired) electrons. The van der Waals surface area contributed by atoms with E-state index >= 15 is 0 Å². The zero-order chi connectivity index (χ0) is 38.5. The van der Waals surface area contributed by atoms with Gasteiger partial charge in [-0.05, 0) is 91.4 Å². The molecule has 0 aliphatic carbocycles. The van der Waals surface area contributed by atoms with Gasteiger partial charge in [-0.15, -0.1) is 0 Å². The number of imidazole rings is 1. The SMILES string of the molecule is CCOC(=O)C/C(=C/CCOCc1ccccc1)c1ccc(NC(=O)Cc2ccc3nc(Nc4ccccc4C)n(C(C)OCC[Si](C)(C)C)c3c2)cc1. The minimum absolute atomic E-state index is 0.135. The molecule has 5 rings (SSSR count). The van der Waals surface area contributed by atoms with Crippen LogP contribution in [0.3, 0.4) is 0 Å². The minimum Gasteiger partial charge on any atom is -0.466 e. The molecule has 1 amide bonds. The van der Waals surface area contributed by atoms with Gasteiger partial charge in [0.1, 0.15) is 6.23 Å². The second-order valence-corrected chi connectivity index (χ2v) is 20.3. The average Bonchev–Trinajstić information content (AvgIpc) is 3.49. The van der Waals surface area contributed by atoms with Crippen molar-refractivity contribution >= 4 is 53.9 Å². The maximum atomic E-state index is 13.3. The number of nitrogens with zero attached hydrogens (tertiary/aromatic N) is 2. The van der Waals surface area contributed by atoms with Crippen LogP contribution < -0.4 is 10.6 Å². The maximum absolute atomic E-state index is 13.3. The van der Waals surface area contributed by atoms with Crippen LogP contribution in [0.2, 0.25) is 25.7 Å². The normalized spacial score (nSPS) is 12.4. The summed E-state index contributed by atoms with van der Waals surface area (Å²) in [5.41, 5.74) is 8.21. The second-order valence-electron chi connectivity index (χ2n) is 14.7. The summed E-state index contributed by atoms with van der Waals surface area (Å²) in [5.74, 6) is 0.275. The molecule has 9 nitrogen and oxygen atoms in total. The largest absolute Gasteiger partial charge is 0.466 e. The molecule has 0 aliphatic rings. The van der Waals surface area contributed by atoms with Gasteiger partial charge in [-0.25, -0.2) is 4.98 Å². The Labute approximate surface area is 320 Å². The van der Waals surface area contributed by atoms with Gasteiger partial charge in [-0.3, -0.25) is 14.2 Å². The number of carbonyl (C=O) groups is 2. The molecule has 54 heavy (non-hydrogen) atoms. The van der Waals surface area contributed by atoms with Crippen molar-refractivity contribution in [1.82, 2.24) is 9.55 Å². The van der Waals surface area contributed by atoms with Crippen molar-refractivity contribution in [2.24, 2.45) is 0 Å². The number of para-hydroxylation sites is 1. The molecule has 2 N–H and O–H groups in total.